The van der Waals surface area contributed by atoms with E-state index in [0.29, 0.717) is 24.1 Å². The molecule has 1 unspecified atom stereocenters. The summed E-state index contributed by atoms with van der Waals surface area (Å²) in [6.45, 7) is 5.80. The molecule has 0 saturated carbocycles. The van der Waals surface area contributed by atoms with Crippen LogP contribution < -0.4 is 10.6 Å². The first-order valence-corrected chi connectivity index (χ1v) is 6.03. The van der Waals surface area contributed by atoms with Crippen LogP contribution in [0, 0.1) is 23.5 Å². The van der Waals surface area contributed by atoms with Crippen molar-refractivity contribution in [1.82, 2.24) is 0 Å². The van der Waals surface area contributed by atoms with Gasteiger partial charge in [-0.25, -0.2) is 8.78 Å². The molecule has 1 aromatic rings. The highest BCUT2D eigenvalue weighted by Crippen LogP contribution is 2.30. The minimum absolute atomic E-state index is 0.260. The van der Waals surface area contributed by atoms with Gasteiger partial charge in [-0.3, -0.25) is 0 Å². The van der Waals surface area contributed by atoms with Crippen molar-refractivity contribution in [1.29, 1.82) is 0 Å². The largest absolute Gasteiger partial charge is 0.383 e. The van der Waals surface area contributed by atoms with Gasteiger partial charge in [0.1, 0.15) is 0 Å². The fraction of sp³-hybridized carbons (Fsp3) is 0.538. The minimum atomic E-state index is -0.805. The third-order valence-corrected chi connectivity index (χ3v) is 3.05. The van der Waals surface area contributed by atoms with Gasteiger partial charge < -0.3 is 10.6 Å². The van der Waals surface area contributed by atoms with Crippen molar-refractivity contribution in [3.05, 3.63) is 23.8 Å². The van der Waals surface area contributed by atoms with Gasteiger partial charge in [0.05, 0.1) is 11.4 Å². The molecule has 1 aromatic carbocycles. The minimum Gasteiger partial charge on any atom is -0.383 e. The Morgan fingerprint density at radius 3 is 2.65 bits per heavy atom. The molecule has 1 aliphatic rings. The van der Waals surface area contributed by atoms with Gasteiger partial charge in [-0.1, -0.05) is 13.8 Å². The lowest BCUT2D eigenvalue weighted by Gasteiger charge is -2.16. The van der Waals surface area contributed by atoms with E-state index in [9.17, 15) is 8.78 Å². The number of nitrogens with one attached hydrogen (secondary N) is 2. The van der Waals surface area contributed by atoms with E-state index in [4.69, 9.17) is 0 Å². The molecule has 0 aliphatic carbocycles. The van der Waals surface area contributed by atoms with Crippen LogP contribution in [0.3, 0.4) is 0 Å². The third-order valence-electron chi connectivity index (χ3n) is 3.05. The van der Waals surface area contributed by atoms with Crippen LogP contribution in [0.4, 0.5) is 20.2 Å². The number of benzene rings is 1. The van der Waals surface area contributed by atoms with Crippen molar-refractivity contribution >= 4 is 11.4 Å². The Bertz CT molecular complexity index is 405. The Hall–Kier alpha value is -1.32. The van der Waals surface area contributed by atoms with Gasteiger partial charge in [0.15, 0.2) is 11.6 Å². The lowest BCUT2D eigenvalue weighted by Crippen LogP contribution is -2.20. The highest BCUT2D eigenvalue weighted by atomic mass is 19.2. The first-order valence-electron chi connectivity index (χ1n) is 6.03. The lowest BCUT2D eigenvalue weighted by molar-refractivity contribution is 0.443. The van der Waals surface area contributed by atoms with Crippen molar-refractivity contribution in [3.8, 4) is 0 Å². The molecule has 1 atom stereocenters. The molecule has 0 amide bonds. The zero-order chi connectivity index (χ0) is 12.4. The van der Waals surface area contributed by atoms with E-state index in [0.717, 1.165) is 19.0 Å². The maximum atomic E-state index is 13.6. The molecule has 17 heavy (non-hydrogen) atoms. The van der Waals surface area contributed by atoms with Crippen molar-refractivity contribution in [2.24, 2.45) is 11.8 Å². The molecule has 1 aliphatic heterocycles. The van der Waals surface area contributed by atoms with Crippen molar-refractivity contribution in [2.45, 2.75) is 20.3 Å². The fourth-order valence-electron chi connectivity index (χ4n) is 2.28. The van der Waals surface area contributed by atoms with Crippen LogP contribution in [0.25, 0.3) is 0 Å². The Morgan fingerprint density at radius 1 is 1.24 bits per heavy atom. The van der Waals surface area contributed by atoms with Gasteiger partial charge >= 0.3 is 0 Å². The van der Waals surface area contributed by atoms with Crippen LogP contribution in [0.1, 0.15) is 20.3 Å². The fourth-order valence-corrected chi connectivity index (χ4v) is 2.28. The van der Waals surface area contributed by atoms with Crippen molar-refractivity contribution in [2.75, 3.05) is 23.7 Å². The van der Waals surface area contributed by atoms with E-state index in [2.05, 4.69) is 24.5 Å². The highest BCUT2D eigenvalue weighted by Gasteiger charge is 2.20. The monoisotopic (exact) mass is 240 g/mol. The van der Waals surface area contributed by atoms with Crippen LogP contribution in [-0.4, -0.2) is 13.1 Å². The van der Waals surface area contributed by atoms with E-state index in [-0.39, 0.29) is 5.69 Å². The second-order valence-electron chi connectivity index (χ2n) is 5.04. The molecule has 0 aromatic heterocycles. The molecule has 0 saturated heterocycles. The Kier molecular flexibility index (Phi) is 3.50. The molecule has 94 valence electrons. The molecular weight excluding hydrogens is 222 g/mol. The summed E-state index contributed by atoms with van der Waals surface area (Å²) in [7, 11) is 0. The molecule has 2 nitrogen and oxygen atoms in total. The summed E-state index contributed by atoms with van der Waals surface area (Å²) < 4.78 is 26.7. The Labute approximate surface area is 100 Å². The van der Waals surface area contributed by atoms with Crippen molar-refractivity contribution < 1.29 is 8.78 Å². The smallest absolute Gasteiger partial charge is 0.183 e. The van der Waals surface area contributed by atoms with Gasteiger partial charge in [-0.05, 0) is 30.4 Å². The molecule has 0 fully saturated rings. The van der Waals surface area contributed by atoms with Crippen LogP contribution in [-0.2, 0) is 0 Å². The topological polar surface area (TPSA) is 24.1 Å². The summed E-state index contributed by atoms with van der Waals surface area (Å²) in [6.07, 6.45) is 1.07. The summed E-state index contributed by atoms with van der Waals surface area (Å²) in [5.74, 6) is -0.559. The van der Waals surface area contributed by atoms with E-state index in [1.165, 1.54) is 0 Å². The predicted molar refractivity (Wildman–Crippen MR) is 66.3 cm³/mol. The number of rotatable bonds is 2. The average molecular weight is 240 g/mol. The number of fused-ring (bicyclic) bond motifs is 1. The zero-order valence-corrected chi connectivity index (χ0v) is 10.2. The van der Waals surface area contributed by atoms with Gasteiger partial charge in [0, 0.05) is 13.1 Å². The molecule has 1 heterocycles. The maximum absolute atomic E-state index is 13.6. The Morgan fingerprint density at radius 2 is 1.94 bits per heavy atom. The predicted octanol–water partition coefficient (Wildman–Crippen LogP) is 3.46. The lowest BCUT2D eigenvalue weighted by atomic mass is 9.97. The maximum Gasteiger partial charge on any atom is 0.183 e. The van der Waals surface area contributed by atoms with Gasteiger partial charge in [0.2, 0.25) is 0 Å². The SMILES string of the molecule is CC(C)CC1CNc2ccc(F)c(F)c2NC1. The molecule has 4 heteroatoms. The van der Waals surface area contributed by atoms with E-state index in [1.54, 1.807) is 6.07 Å². The average Bonchev–Trinajstić information content (AvgIpc) is 2.46. The van der Waals surface area contributed by atoms with Crippen LogP contribution in [0.15, 0.2) is 12.1 Å². The van der Waals surface area contributed by atoms with E-state index in [1.807, 2.05) is 0 Å². The first kappa shape index (κ1) is 12.1. The van der Waals surface area contributed by atoms with Gasteiger partial charge in [-0.2, -0.15) is 0 Å². The summed E-state index contributed by atoms with van der Waals surface area (Å²) in [5.41, 5.74) is 0.909. The molecule has 2 rings (SSSR count). The standard InChI is InChI=1S/C13H18F2N2/c1-8(2)5-9-6-16-11-4-3-10(14)12(15)13(11)17-7-9/h3-4,8-9,16-17H,5-7H2,1-2H3. The molecular formula is C13H18F2N2. The number of hydrogen-bond donors (Lipinski definition) is 2. The number of hydrogen-bond acceptors (Lipinski definition) is 2. The van der Waals surface area contributed by atoms with E-state index < -0.39 is 11.6 Å². The van der Waals surface area contributed by atoms with Gasteiger partial charge in [0.25, 0.3) is 0 Å². The molecule has 0 spiro atoms. The van der Waals surface area contributed by atoms with Crippen LogP contribution in [0.2, 0.25) is 0 Å². The highest BCUT2D eigenvalue weighted by molar-refractivity contribution is 5.70. The van der Waals surface area contributed by atoms with Crippen molar-refractivity contribution in [3.63, 3.8) is 0 Å². The van der Waals surface area contributed by atoms with Crippen LogP contribution in [0.5, 0.6) is 0 Å². The zero-order valence-electron chi connectivity index (χ0n) is 10.2. The molecule has 2 N–H and O–H groups in total. The summed E-state index contributed by atoms with van der Waals surface area (Å²) in [6, 6.07) is 2.74. The van der Waals surface area contributed by atoms with Gasteiger partial charge in [-0.15, -0.1) is 0 Å². The van der Waals surface area contributed by atoms with Crippen LogP contribution >= 0.6 is 0 Å². The van der Waals surface area contributed by atoms with E-state index >= 15 is 0 Å². The number of halogens is 2. The quantitative estimate of drug-likeness (QED) is 0.827. The first-order chi connectivity index (χ1) is 8.08. The Balaban J connectivity index is 2.16. The summed E-state index contributed by atoms with van der Waals surface area (Å²) in [4.78, 5) is 0. The second kappa shape index (κ2) is 4.90. The molecule has 0 bridgehead atoms. The number of anilines is 2. The molecule has 0 radical (unpaired) electrons. The third kappa shape index (κ3) is 2.68. The summed E-state index contributed by atoms with van der Waals surface area (Å²) in [5, 5.41) is 6.19. The second-order valence-corrected chi connectivity index (χ2v) is 5.04. The summed E-state index contributed by atoms with van der Waals surface area (Å²) >= 11 is 0. The normalized spacial score (nSPS) is 19.2.